The van der Waals surface area contributed by atoms with E-state index in [1.807, 2.05) is 48.5 Å². The van der Waals surface area contributed by atoms with Gasteiger partial charge in [-0.05, 0) is 53.1 Å². The van der Waals surface area contributed by atoms with E-state index in [-0.39, 0.29) is 0 Å². The third kappa shape index (κ3) is 3.81. The summed E-state index contributed by atoms with van der Waals surface area (Å²) in [7, 11) is 0. The molecule has 0 radical (unpaired) electrons. The van der Waals surface area contributed by atoms with Gasteiger partial charge in [0.15, 0.2) is 0 Å². The van der Waals surface area contributed by atoms with Crippen LogP contribution in [0.15, 0.2) is 102 Å². The average molecular weight is 378 g/mol. The van der Waals surface area contributed by atoms with E-state index in [2.05, 4.69) is 72.4 Å². The molecule has 0 spiro atoms. The van der Waals surface area contributed by atoms with Gasteiger partial charge in [0.1, 0.15) is 0 Å². The smallest absolute Gasteiger partial charge is 0.0463 e. The van der Waals surface area contributed by atoms with Crippen molar-refractivity contribution < 1.29 is 0 Å². The second kappa shape index (κ2) is 8.08. The molecule has 0 aliphatic rings. The standard InChI is InChI=1S/C26H19NS/c1-2-19-9-8-12-22(17-19)27-25-14-7-6-13-23(25)21-15-16-26(28)24(18-21)20-10-4-3-5-11-20/h1,3-18,27-28H. The van der Waals surface area contributed by atoms with Gasteiger partial charge in [0.25, 0.3) is 0 Å². The number of rotatable bonds is 4. The largest absolute Gasteiger partial charge is 0.355 e. The highest BCUT2D eigenvalue weighted by Gasteiger charge is 2.09. The first-order valence-corrected chi connectivity index (χ1v) is 9.51. The van der Waals surface area contributed by atoms with Gasteiger partial charge in [-0.2, -0.15) is 0 Å². The molecule has 0 saturated carbocycles. The Labute approximate surface area is 171 Å². The number of benzene rings is 4. The molecule has 0 heterocycles. The zero-order chi connectivity index (χ0) is 19.3. The highest BCUT2D eigenvalue weighted by molar-refractivity contribution is 7.80. The van der Waals surface area contributed by atoms with Crippen LogP contribution in [0.25, 0.3) is 22.3 Å². The van der Waals surface area contributed by atoms with Gasteiger partial charge in [-0.25, -0.2) is 0 Å². The summed E-state index contributed by atoms with van der Waals surface area (Å²) >= 11 is 4.66. The third-order valence-corrected chi connectivity index (χ3v) is 5.02. The van der Waals surface area contributed by atoms with Crippen molar-refractivity contribution in [3.05, 3.63) is 103 Å². The first-order chi connectivity index (χ1) is 13.7. The Kier molecular flexibility index (Phi) is 5.19. The minimum Gasteiger partial charge on any atom is -0.355 e. The third-order valence-electron chi connectivity index (χ3n) is 4.63. The zero-order valence-electron chi connectivity index (χ0n) is 15.3. The molecule has 0 unspecified atom stereocenters. The van der Waals surface area contributed by atoms with E-state index in [0.29, 0.717) is 0 Å². The molecule has 2 heteroatoms. The van der Waals surface area contributed by atoms with Crippen molar-refractivity contribution >= 4 is 24.0 Å². The maximum Gasteiger partial charge on any atom is 0.0463 e. The summed E-state index contributed by atoms with van der Waals surface area (Å²) in [6.07, 6.45) is 5.53. The van der Waals surface area contributed by atoms with Crippen LogP contribution >= 0.6 is 12.6 Å². The van der Waals surface area contributed by atoms with E-state index in [1.54, 1.807) is 0 Å². The Hall–Kier alpha value is -3.41. The molecule has 0 aromatic heterocycles. The molecule has 1 nitrogen and oxygen atoms in total. The summed E-state index contributed by atoms with van der Waals surface area (Å²) in [6.45, 7) is 0. The number of hydrogen-bond donors (Lipinski definition) is 2. The second-order valence-electron chi connectivity index (χ2n) is 6.49. The molecule has 0 bridgehead atoms. The monoisotopic (exact) mass is 377 g/mol. The molecule has 134 valence electrons. The van der Waals surface area contributed by atoms with E-state index in [9.17, 15) is 0 Å². The fourth-order valence-electron chi connectivity index (χ4n) is 3.24. The van der Waals surface area contributed by atoms with Gasteiger partial charge in [0, 0.05) is 27.4 Å². The van der Waals surface area contributed by atoms with Crippen LogP contribution in [0.3, 0.4) is 0 Å². The Morgan fingerprint density at radius 2 is 1.46 bits per heavy atom. The summed E-state index contributed by atoms with van der Waals surface area (Å²) in [5, 5.41) is 3.50. The first kappa shape index (κ1) is 18.0. The first-order valence-electron chi connectivity index (χ1n) is 9.06. The fourth-order valence-corrected chi connectivity index (χ4v) is 3.51. The van der Waals surface area contributed by atoms with Crippen molar-refractivity contribution in [2.45, 2.75) is 4.90 Å². The van der Waals surface area contributed by atoms with Crippen LogP contribution in [0, 0.1) is 12.3 Å². The lowest BCUT2D eigenvalue weighted by Crippen LogP contribution is -1.94. The van der Waals surface area contributed by atoms with Crippen LogP contribution in [0.2, 0.25) is 0 Å². The SMILES string of the molecule is C#Cc1cccc(Nc2ccccc2-c2ccc(S)c(-c3ccccc3)c2)c1. The Bertz CT molecular complexity index is 1160. The van der Waals surface area contributed by atoms with E-state index in [4.69, 9.17) is 6.42 Å². The number of hydrogen-bond acceptors (Lipinski definition) is 2. The summed E-state index contributed by atoms with van der Waals surface area (Å²) in [5.74, 6) is 2.68. The summed E-state index contributed by atoms with van der Waals surface area (Å²) in [5.41, 5.74) is 7.38. The van der Waals surface area contributed by atoms with Crippen molar-refractivity contribution in [3.8, 4) is 34.6 Å². The highest BCUT2D eigenvalue weighted by atomic mass is 32.1. The van der Waals surface area contributed by atoms with E-state index in [0.717, 1.165) is 44.1 Å². The number of terminal acetylenes is 1. The van der Waals surface area contributed by atoms with Crippen molar-refractivity contribution in [3.63, 3.8) is 0 Å². The predicted octanol–water partition coefficient (Wildman–Crippen LogP) is 7.03. The summed E-state index contributed by atoms with van der Waals surface area (Å²) in [4.78, 5) is 0.960. The topological polar surface area (TPSA) is 12.0 Å². The lowest BCUT2D eigenvalue weighted by atomic mass is 9.98. The number of para-hydroxylation sites is 1. The van der Waals surface area contributed by atoms with Crippen molar-refractivity contribution in [1.29, 1.82) is 0 Å². The minimum atomic E-state index is 0.855. The number of thiol groups is 1. The normalized spacial score (nSPS) is 10.3. The molecule has 0 atom stereocenters. The van der Waals surface area contributed by atoms with Crippen LogP contribution in [-0.4, -0.2) is 0 Å². The van der Waals surface area contributed by atoms with Gasteiger partial charge in [-0.3, -0.25) is 0 Å². The lowest BCUT2D eigenvalue weighted by molar-refractivity contribution is 1.44. The van der Waals surface area contributed by atoms with E-state index >= 15 is 0 Å². The quantitative estimate of drug-likeness (QED) is 0.287. The maximum absolute atomic E-state index is 5.53. The minimum absolute atomic E-state index is 0.855. The van der Waals surface area contributed by atoms with Crippen LogP contribution in [-0.2, 0) is 0 Å². The number of anilines is 2. The van der Waals surface area contributed by atoms with E-state index in [1.165, 1.54) is 0 Å². The summed E-state index contributed by atoms with van der Waals surface area (Å²) in [6, 6.07) is 32.8. The molecule has 4 rings (SSSR count). The van der Waals surface area contributed by atoms with Crippen molar-refractivity contribution in [2.75, 3.05) is 5.32 Å². The van der Waals surface area contributed by atoms with Crippen molar-refractivity contribution in [1.82, 2.24) is 0 Å². The predicted molar refractivity (Wildman–Crippen MR) is 122 cm³/mol. The van der Waals surface area contributed by atoms with Gasteiger partial charge in [-0.1, -0.05) is 66.6 Å². The van der Waals surface area contributed by atoms with Crippen LogP contribution < -0.4 is 5.32 Å². The average Bonchev–Trinajstić information content (AvgIpc) is 2.75. The molecule has 0 aliphatic carbocycles. The van der Waals surface area contributed by atoms with E-state index < -0.39 is 0 Å². The van der Waals surface area contributed by atoms with Crippen LogP contribution in [0.1, 0.15) is 5.56 Å². The van der Waals surface area contributed by atoms with Gasteiger partial charge in [0.2, 0.25) is 0 Å². The molecule has 4 aromatic carbocycles. The van der Waals surface area contributed by atoms with Gasteiger partial charge in [0.05, 0.1) is 0 Å². The Morgan fingerprint density at radius 3 is 2.29 bits per heavy atom. The highest BCUT2D eigenvalue weighted by Crippen LogP contribution is 2.35. The fraction of sp³-hybridized carbons (Fsp3) is 0. The van der Waals surface area contributed by atoms with Crippen LogP contribution in [0.5, 0.6) is 0 Å². The maximum atomic E-state index is 5.53. The van der Waals surface area contributed by atoms with Gasteiger partial charge >= 0.3 is 0 Å². The lowest BCUT2D eigenvalue weighted by Gasteiger charge is -2.14. The molecule has 0 amide bonds. The second-order valence-corrected chi connectivity index (χ2v) is 6.98. The molecule has 28 heavy (non-hydrogen) atoms. The molecule has 1 N–H and O–H groups in total. The Morgan fingerprint density at radius 1 is 0.679 bits per heavy atom. The molecular formula is C26H19NS. The molecular weight excluding hydrogens is 358 g/mol. The zero-order valence-corrected chi connectivity index (χ0v) is 16.2. The Balaban J connectivity index is 1.76. The summed E-state index contributed by atoms with van der Waals surface area (Å²) < 4.78 is 0. The van der Waals surface area contributed by atoms with Gasteiger partial charge < -0.3 is 5.32 Å². The molecule has 0 saturated heterocycles. The van der Waals surface area contributed by atoms with Crippen LogP contribution in [0.4, 0.5) is 11.4 Å². The molecule has 0 fully saturated rings. The molecule has 4 aromatic rings. The number of nitrogens with one attached hydrogen (secondary N) is 1. The van der Waals surface area contributed by atoms with Gasteiger partial charge in [-0.15, -0.1) is 19.1 Å². The van der Waals surface area contributed by atoms with Crippen molar-refractivity contribution in [2.24, 2.45) is 0 Å². The molecule has 0 aliphatic heterocycles.